The third-order valence-corrected chi connectivity index (χ3v) is 3.33. The zero-order valence-corrected chi connectivity index (χ0v) is 13.7. The Labute approximate surface area is 144 Å². The number of nitrogens with zero attached hydrogens (tertiary/aromatic N) is 3. The summed E-state index contributed by atoms with van der Waals surface area (Å²) in [6, 6.07) is 3.43. The van der Waals surface area contributed by atoms with Gasteiger partial charge in [-0.1, -0.05) is 0 Å². The largest absolute Gasteiger partial charge is 0.468 e. The topological polar surface area (TPSA) is 92.4 Å². The molecule has 8 nitrogen and oxygen atoms in total. The van der Waals surface area contributed by atoms with Gasteiger partial charge in [0.15, 0.2) is 6.61 Å². The molecule has 140 valence electrons. The van der Waals surface area contributed by atoms with Crippen molar-refractivity contribution in [3.8, 4) is 5.88 Å². The van der Waals surface area contributed by atoms with Crippen LogP contribution in [0.15, 0.2) is 34.0 Å². The molecule has 0 aromatic carbocycles. The van der Waals surface area contributed by atoms with Crippen molar-refractivity contribution in [2.45, 2.75) is 12.8 Å². The zero-order chi connectivity index (χ0) is 19.5. The molecule has 2 aromatic heterocycles. The molecule has 26 heavy (non-hydrogen) atoms. The molecule has 2 heterocycles. The first kappa shape index (κ1) is 19.2. The number of halogens is 3. The van der Waals surface area contributed by atoms with Gasteiger partial charge in [0.25, 0.3) is 5.56 Å². The molecule has 0 aliphatic carbocycles. The van der Waals surface area contributed by atoms with Crippen LogP contribution in [0.5, 0.6) is 5.88 Å². The SMILES string of the molecule is Cn1c(COC(=O)c2ccc(OCC(F)(F)F)nc2)cc(=O)n(C)c1=O. The van der Waals surface area contributed by atoms with Crippen molar-refractivity contribution in [1.29, 1.82) is 0 Å². The van der Waals surface area contributed by atoms with Gasteiger partial charge in [0.1, 0.15) is 6.61 Å². The smallest absolute Gasteiger partial charge is 0.422 e. The highest BCUT2D eigenvalue weighted by molar-refractivity contribution is 5.89. The number of hydrogen-bond donors (Lipinski definition) is 0. The molecule has 0 bridgehead atoms. The molecule has 0 aliphatic rings. The molecule has 0 N–H and O–H groups in total. The number of alkyl halides is 3. The van der Waals surface area contributed by atoms with Gasteiger partial charge in [-0.05, 0) is 6.07 Å². The molecule has 0 amide bonds. The van der Waals surface area contributed by atoms with Crippen LogP contribution in [-0.2, 0) is 25.4 Å². The first-order valence-electron chi connectivity index (χ1n) is 7.17. The number of carbonyl (C=O) groups is 1. The summed E-state index contributed by atoms with van der Waals surface area (Å²) in [7, 11) is 2.73. The summed E-state index contributed by atoms with van der Waals surface area (Å²) in [4.78, 5) is 38.9. The second kappa shape index (κ2) is 7.42. The van der Waals surface area contributed by atoms with Crippen LogP contribution in [-0.4, -0.2) is 32.9 Å². The standard InChI is InChI=1S/C15H14F3N3O5/c1-20-10(5-12(22)21(2)14(20)24)7-25-13(23)9-3-4-11(19-6-9)26-8-15(16,17)18/h3-6H,7-8H2,1-2H3. The van der Waals surface area contributed by atoms with Crippen molar-refractivity contribution in [2.75, 3.05) is 6.61 Å². The fourth-order valence-corrected chi connectivity index (χ4v) is 1.88. The van der Waals surface area contributed by atoms with E-state index in [1.54, 1.807) is 0 Å². The molecule has 0 spiro atoms. The minimum Gasteiger partial charge on any atom is -0.468 e. The van der Waals surface area contributed by atoms with Gasteiger partial charge in [-0.15, -0.1) is 0 Å². The van der Waals surface area contributed by atoms with Crippen LogP contribution < -0.4 is 16.0 Å². The molecule has 0 fully saturated rings. The highest BCUT2D eigenvalue weighted by Crippen LogP contribution is 2.17. The lowest BCUT2D eigenvalue weighted by molar-refractivity contribution is -0.154. The molecule has 0 radical (unpaired) electrons. The van der Waals surface area contributed by atoms with Crippen LogP contribution in [0, 0.1) is 0 Å². The summed E-state index contributed by atoms with van der Waals surface area (Å²) in [5.74, 6) is -1.12. The molecule has 0 aliphatic heterocycles. The second-order valence-electron chi connectivity index (χ2n) is 5.24. The number of aromatic nitrogens is 3. The second-order valence-corrected chi connectivity index (χ2v) is 5.24. The van der Waals surface area contributed by atoms with E-state index in [1.165, 1.54) is 20.2 Å². The molecule has 11 heteroatoms. The lowest BCUT2D eigenvalue weighted by Crippen LogP contribution is -2.38. The Morgan fingerprint density at radius 2 is 1.88 bits per heavy atom. The number of esters is 1. The van der Waals surface area contributed by atoms with Gasteiger partial charge in [-0.3, -0.25) is 13.9 Å². The highest BCUT2D eigenvalue weighted by Gasteiger charge is 2.28. The van der Waals surface area contributed by atoms with Crippen LogP contribution in [0.1, 0.15) is 16.1 Å². The first-order chi connectivity index (χ1) is 12.1. The minimum absolute atomic E-state index is 0.0295. The molecule has 0 saturated carbocycles. The van der Waals surface area contributed by atoms with Gasteiger partial charge in [0.2, 0.25) is 5.88 Å². The lowest BCUT2D eigenvalue weighted by atomic mass is 10.3. The van der Waals surface area contributed by atoms with E-state index < -0.39 is 30.0 Å². The molecule has 2 rings (SSSR count). The van der Waals surface area contributed by atoms with E-state index in [1.807, 2.05) is 0 Å². The summed E-state index contributed by atoms with van der Waals surface area (Å²) in [6.45, 7) is -1.84. The number of hydrogen-bond acceptors (Lipinski definition) is 6. The number of ether oxygens (including phenoxy) is 2. The van der Waals surface area contributed by atoms with Crippen LogP contribution in [0.4, 0.5) is 13.2 Å². The van der Waals surface area contributed by atoms with E-state index in [9.17, 15) is 27.6 Å². The van der Waals surface area contributed by atoms with Crippen LogP contribution >= 0.6 is 0 Å². The monoisotopic (exact) mass is 373 g/mol. The molecular formula is C15H14F3N3O5. The van der Waals surface area contributed by atoms with E-state index >= 15 is 0 Å². The van der Waals surface area contributed by atoms with Gasteiger partial charge < -0.3 is 9.47 Å². The number of carbonyl (C=O) groups excluding carboxylic acids is 1. The van der Waals surface area contributed by atoms with E-state index in [2.05, 4.69) is 9.72 Å². The summed E-state index contributed by atoms with van der Waals surface area (Å²) < 4.78 is 47.6. The Hall–Kier alpha value is -3.11. The molecule has 0 unspecified atom stereocenters. The maximum atomic E-state index is 12.0. The summed E-state index contributed by atoms with van der Waals surface area (Å²) in [6.07, 6.45) is -3.50. The van der Waals surface area contributed by atoms with E-state index in [0.29, 0.717) is 0 Å². The maximum absolute atomic E-state index is 12.0. The average Bonchev–Trinajstić information content (AvgIpc) is 2.59. The predicted octanol–water partition coefficient (Wildman–Crippen LogP) is 0.777. The van der Waals surface area contributed by atoms with Crippen LogP contribution in [0.2, 0.25) is 0 Å². The summed E-state index contributed by atoms with van der Waals surface area (Å²) >= 11 is 0. The van der Waals surface area contributed by atoms with Crippen molar-refractivity contribution in [3.05, 3.63) is 56.5 Å². The Morgan fingerprint density at radius 1 is 1.19 bits per heavy atom. The van der Waals surface area contributed by atoms with Crippen molar-refractivity contribution >= 4 is 5.97 Å². The Balaban J connectivity index is 2.03. The molecule has 0 atom stereocenters. The number of rotatable bonds is 5. The fraction of sp³-hybridized carbons (Fsp3) is 0.333. The average molecular weight is 373 g/mol. The lowest BCUT2D eigenvalue weighted by Gasteiger charge is -2.10. The van der Waals surface area contributed by atoms with E-state index in [0.717, 1.165) is 27.5 Å². The predicted molar refractivity (Wildman–Crippen MR) is 81.8 cm³/mol. The van der Waals surface area contributed by atoms with Crippen molar-refractivity contribution in [1.82, 2.24) is 14.1 Å². The van der Waals surface area contributed by atoms with Crippen molar-refractivity contribution < 1.29 is 27.4 Å². The van der Waals surface area contributed by atoms with Gasteiger partial charge in [-0.25, -0.2) is 14.6 Å². The first-order valence-corrected chi connectivity index (χ1v) is 7.17. The van der Waals surface area contributed by atoms with Gasteiger partial charge in [0, 0.05) is 32.4 Å². The van der Waals surface area contributed by atoms with Gasteiger partial charge in [-0.2, -0.15) is 13.2 Å². The molecule has 2 aromatic rings. The summed E-state index contributed by atoms with van der Waals surface area (Å²) in [5.41, 5.74) is -0.967. The Morgan fingerprint density at radius 3 is 2.46 bits per heavy atom. The Kier molecular flexibility index (Phi) is 5.48. The zero-order valence-electron chi connectivity index (χ0n) is 13.7. The van der Waals surface area contributed by atoms with E-state index in [4.69, 9.17) is 4.74 Å². The third kappa shape index (κ3) is 4.71. The number of pyridine rings is 1. The van der Waals surface area contributed by atoms with Crippen LogP contribution in [0.3, 0.4) is 0 Å². The van der Waals surface area contributed by atoms with Crippen molar-refractivity contribution in [3.63, 3.8) is 0 Å². The minimum atomic E-state index is -4.50. The van der Waals surface area contributed by atoms with E-state index in [-0.39, 0.29) is 23.7 Å². The fourth-order valence-electron chi connectivity index (χ4n) is 1.88. The maximum Gasteiger partial charge on any atom is 0.422 e. The highest BCUT2D eigenvalue weighted by atomic mass is 19.4. The Bertz CT molecular complexity index is 916. The molecular weight excluding hydrogens is 359 g/mol. The summed E-state index contributed by atoms with van der Waals surface area (Å²) in [5, 5.41) is 0. The van der Waals surface area contributed by atoms with Crippen LogP contribution in [0.25, 0.3) is 0 Å². The third-order valence-electron chi connectivity index (χ3n) is 3.33. The quantitative estimate of drug-likeness (QED) is 0.719. The van der Waals surface area contributed by atoms with Gasteiger partial charge >= 0.3 is 17.8 Å². The van der Waals surface area contributed by atoms with Crippen molar-refractivity contribution in [2.24, 2.45) is 14.1 Å². The molecule has 0 saturated heterocycles. The normalized spacial score (nSPS) is 11.3. The van der Waals surface area contributed by atoms with Gasteiger partial charge in [0.05, 0.1) is 11.3 Å².